The maximum Gasteiger partial charge on any atom is 0.391 e. The fourth-order valence-corrected chi connectivity index (χ4v) is 4.54. The highest BCUT2D eigenvalue weighted by atomic mass is 32.2. The molecule has 2 unspecified atom stereocenters. The average Bonchev–Trinajstić information content (AvgIpc) is 2.77. The molecule has 0 bridgehead atoms. The van der Waals surface area contributed by atoms with Crippen LogP contribution >= 0.6 is 11.8 Å². The van der Waals surface area contributed by atoms with E-state index in [1.807, 2.05) is 11.8 Å². The summed E-state index contributed by atoms with van der Waals surface area (Å²) >= 11 is 2.02. The second kappa shape index (κ2) is 6.70. The molecule has 1 N–H and O–H groups in total. The Balaban J connectivity index is 1.69. The topological polar surface area (TPSA) is 12.0 Å². The number of halogens is 3. The summed E-state index contributed by atoms with van der Waals surface area (Å²) in [6, 6.07) is 0.852. The minimum absolute atomic E-state index is 0.307. The van der Waals surface area contributed by atoms with Crippen molar-refractivity contribution in [3.8, 4) is 0 Å². The minimum Gasteiger partial charge on any atom is -0.311 e. The standard InChI is InChI=1S/C14H24F3NS/c1-2-19-13-8-7-12(9-13)18-11-5-3-10(4-6-11)14(15,16)17/h10-13,18H,2-9H2,1H3. The Labute approximate surface area is 118 Å². The van der Waals surface area contributed by atoms with Gasteiger partial charge in [0.1, 0.15) is 0 Å². The number of nitrogens with one attached hydrogen (secondary N) is 1. The Kier molecular flexibility index (Phi) is 5.46. The van der Waals surface area contributed by atoms with Crippen molar-refractivity contribution in [3.63, 3.8) is 0 Å². The number of rotatable bonds is 4. The van der Waals surface area contributed by atoms with Gasteiger partial charge < -0.3 is 5.32 Å². The normalized spacial score (nSPS) is 36.6. The van der Waals surface area contributed by atoms with Crippen LogP contribution in [0.5, 0.6) is 0 Å². The second-order valence-corrected chi connectivity index (χ2v) is 7.42. The Bertz CT molecular complexity index is 274. The van der Waals surface area contributed by atoms with Crippen LogP contribution in [-0.2, 0) is 0 Å². The van der Waals surface area contributed by atoms with Crippen molar-refractivity contribution in [2.75, 3.05) is 5.75 Å². The van der Waals surface area contributed by atoms with Gasteiger partial charge in [-0.2, -0.15) is 24.9 Å². The molecular weight excluding hydrogens is 271 g/mol. The Morgan fingerprint density at radius 1 is 1.00 bits per heavy atom. The molecule has 2 fully saturated rings. The summed E-state index contributed by atoms with van der Waals surface area (Å²) in [5, 5.41) is 4.36. The van der Waals surface area contributed by atoms with Gasteiger partial charge in [-0.05, 0) is 50.7 Å². The highest BCUT2D eigenvalue weighted by molar-refractivity contribution is 7.99. The van der Waals surface area contributed by atoms with Crippen LogP contribution in [0.3, 0.4) is 0 Å². The van der Waals surface area contributed by atoms with E-state index in [1.54, 1.807) is 0 Å². The minimum atomic E-state index is -3.98. The van der Waals surface area contributed by atoms with Crippen molar-refractivity contribution in [3.05, 3.63) is 0 Å². The van der Waals surface area contributed by atoms with Gasteiger partial charge in [-0.3, -0.25) is 0 Å². The SMILES string of the molecule is CCSC1CCC(NC2CCC(C(F)(F)F)CC2)C1. The van der Waals surface area contributed by atoms with Crippen molar-refractivity contribution < 1.29 is 13.2 Å². The Hall–Kier alpha value is 0.100. The van der Waals surface area contributed by atoms with E-state index in [0.717, 1.165) is 11.0 Å². The summed E-state index contributed by atoms with van der Waals surface area (Å²) in [5.74, 6) is 0.103. The molecule has 0 aromatic rings. The van der Waals surface area contributed by atoms with E-state index in [4.69, 9.17) is 0 Å². The summed E-state index contributed by atoms with van der Waals surface area (Å²) in [7, 11) is 0. The van der Waals surface area contributed by atoms with Gasteiger partial charge in [0, 0.05) is 17.3 Å². The maximum absolute atomic E-state index is 12.6. The molecule has 0 aliphatic heterocycles. The van der Waals surface area contributed by atoms with Gasteiger partial charge in [-0.25, -0.2) is 0 Å². The molecule has 2 saturated carbocycles. The highest BCUT2D eigenvalue weighted by Gasteiger charge is 2.41. The smallest absolute Gasteiger partial charge is 0.311 e. The molecule has 0 amide bonds. The van der Waals surface area contributed by atoms with Gasteiger partial charge in [0.2, 0.25) is 0 Å². The molecule has 0 aromatic heterocycles. The number of hydrogen-bond acceptors (Lipinski definition) is 2. The third kappa shape index (κ3) is 4.55. The molecule has 2 aliphatic rings. The lowest BCUT2D eigenvalue weighted by Crippen LogP contribution is -2.41. The van der Waals surface area contributed by atoms with Gasteiger partial charge in [-0.1, -0.05) is 6.92 Å². The van der Waals surface area contributed by atoms with E-state index in [9.17, 15) is 13.2 Å². The molecule has 112 valence electrons. The summed E-state index contributed by atoms with van der Waals surface area (Å²) in [6.45, 7) is 2.18. The number of alkyl halides is 3. The van der Waals surface area contributed by atoms with E-state index in [1.165, 1.54) is 19.3 Å². The van der Waals surface area contributed by atoms with Crippen LogP contribution in [0.15, 0.2) is 0 Å². The first-order valence-electron chi connectivity index (χ1n) is 7.43. The molecule has 19 heavy (non-hydrogen) atoms. The van der Waals surface area contributed by atoms with E-state index in [-0.39, 0.29) is 0 Å². The molecule has 2 aliphatic carbocycles. The lowest BCUT2D eigenvalue weighted by molar-refractivity contribution is -0.182. The van der Waals surface area contributed by atoms with Crippen LogP contribution in [0.1, 0.15) is 51.9 Å². The van der Waals surface area contributed by atoms with Gasteiger partial charge in [-0.15, -0.1) is 0 Å². The number of hydrogen-bond donors (Lipinski definition) is 1. The fraction of sp³-hybridized carbons (Fsp3) is 1.00. The maximum atomic E-state index is 12.6. The first kappa shape index (κ1) is 15.5. The van der Waals surface area contributed by atoms with Crippen molar-refractivity contribution in [2.45, 2.75) is 75.4 Å². The molecule has 0 spiro atoms. The van der Waals surface area contributed by atoms with Crippen LogP contribution in [-0.4, -0.2) is 29.3 Å². The Morgan fingerprint density at radius 2 is 1.63 bits per heavy atom. The van der Waals surface area contributed by atoms with Crippen LogP contribution < -0.4 is 5.32 Å². The molecular formula is C14H24F3NS. The lowest BCUT2D eigenvalue weighted by atomic mass is 9.85. The fourth-order valence-electron chi connectivity index (χ4n) is 3.40. The molecule has 0 radical (unpaired) electrons. The lowest BCUT2D eigenvalue weighted by Gasteiger charge is -2.32. The van der Waals surface area contributed by atoms with Crippen molar-refractivity contribution in [1.82, 2.24) is 5.32 Å². The van der Waals surface area contributed by atoms with Gasteiger partial charge in [0.25, 0.3) is 0 Å². The summed E-state index contributed by atoms with van der Waals surface area (Å²) < 4.78 is 37.8. The monoisotopic (exact) mass is 295 g/mol. The Morgan fingerprint density at radius 3 is 2.21 bits per heavy atom. The van der Waals surface area contributed by atoms with E-state index >= 15 is 0 Å². The molecule has 1 nitrogen and oxygen atoms in total. The molecule has 0 heterocycles. The van der Waals surface area contributed by atoms with Crippen molar-refractivity contribution >= 4 is 11.8 Å². The third-order valence-electron chi connectivity index (χ3n) is 4.45. The van der Waals surface area contributed by atoms with Crippen LogP contribution in [0.4, 0.5) is 13.2 Å². The summed E-state index contributed by atoms with van der Waals surface area (Å²) in [5.41, 5.74) is 0. The van der Waals surface area contributed by atoms with E-state index < -0.39 is 12.1 Å². The molecule has 0 aromatic carbocycles. The zero-order chi connectivity index (χ0) is 13.9. The first-order chi connectivity index (χ1) is 8.99. The van der Waals surface area contributed by atoms with Crippen molar-refractivity contribution in [1.29, 1.82) is 0 Å². The predicted octanol–water partition coefficient (Wildman–Crippen LogP) is 4.37. The molecule has 2 atom stereocenters. The highest BCUT2D eigenvalue weighted by Crippen LogP contribution is 2.38. The largest absolute Gasteiger partial charge is 0.391 e. The average molecular weight is 295 g/mol. The third-order valence-corrected chi connectivity index (χ3v) is 5.68. The van der Waals surface area contributed by atoms with Crippen LogP contribution in [0.25, 0.3) is 0 Å². The molecule has 0 saturated heterocycles. The van der Waals surface area contributed by atoms with Crippen LogP contribution in [0, 0.1) is 5.92 Å². The van der Waals surface area contributed by atoms with Crippen LogP contribution in [0.2, 0.25) is 0 Å². The first-order valence-corrected chi connectivity index (χ1v) is 8.48. The van der Waals surface area contributed by atoms with Gasteiger partial charge in [0.05, 0.1) is 5.92 Å². The van der Waals surface area contributed by atoms with E-state index in [0.29, 0.717) is 37.8 Å². The van der Waals surface area contributed by atoms with Gasteiger partial charge >= 0.3 is 6.18 Å². The summed E-state index contributed by atoms with van der Waals surface area (Å²) in [4.78, 5) is 0. The molecule has 2 rings (SSSR count). The zero-order valence-corrected chi connectivity index (χ0v) is 12.3. The quantitative estimate of drug-likeness (QED) is 0.826. The van der Waals surface area contributed by atoms with Gasteiger partial charge in [0.15, 0.2) is 0 Å². The predicted molar refractivity (Wildman–Crippen MR) is 74.5 cm³/mol. The summed E-state index contributed by atoms with van der Waals surface area (Å²) in [6.07, 6.45) is 1.64. The zero-order valence-electron chi connectivity index (χ0n) is 11.5. The number of thioether (sulfide) groups is 1. The molecule has 5 heteroatoms. The van der Waals surface area contributed by atoms with Crippen molar-refractivity contribution in [2.24, 2.45) is 5.92 Å². The van der Waals surface area contributed by atoms with E-state index in [2.05, 4.69) is 12.2 Å². The second-order valence-electron chi connectivity index (χ2n) is 5.84.